The van der Waals surface area contributed by atoms with Crippen LogP contribution in [0.5, 0.6) is 5.75 Å². The number of ether oxygens (including phenoxy) is 2. The number of rotatable bonds is 10. The predicted octanol–water partition coefficient (Wildman–Crippen LogP) is 4.12. The third kappa shape index (κ3) is 7.07. The van der Waals surface area contributed by atoms with Gasteiger partial charge in [-0.3, -0.25) is 14.9 Å². The molecule has 11 heteroatoms. The minimum atomic E-state index is -4.31. The summed E-state index contributed by atoms with van der Waals surface area (Å²) in [5.41, 5.74) is 2.01. The van der Waals surface area contributed by atoms with E-state index >= 15 is 0 Å². The van der Waals surface area contributed by atoms with Crippen molar-refractivity contribution < 1.29 is 37.4 Å². The van der Waals surface area contributed by atoms with Crippen molar-refractivity contribution in [3.05, 3.63) is 83.9 Å². The Balaban J connectivity index is 1.61. The van der Waals surface area contributed by atoms with E-state index < -0.39 is 46.1 Å². The number of carboxylic acid groups (broad SMARTS) is 1. The Morgan fingerprint density at radius 3 is 2.16 bits per heavy atom. The minimum absolute atomic E-state index is 0.244. The molecular weight excluding hydrogens is 500 g/mol. The van der Waals surface area contributed by atoms with Crippen molar-refractivity contribution in [1.29, 1.82) is 0 Å². The number of nitrogens with one attached hydrogen (secondary N) is 2. The summed E-state index contributed by atoms with van der Waals surface area (Å²) in [5, 5.41) is 12.9. The average Bonchev–Trinajstić information content (AvgIpc) is 2.88. The number of anilines is 2. The first-order chi connectivity index (χ1) is 17.6. The zero-order valence-corrected chi connectivity index (χ0v) is 20.9. The Kier molecular flexibility index (Phi) is 8.86. The van der Waals surface area contributed by atoms with E-state index in [1.165, 1.54) is 31.4 Å². The van der Waals surface area contributed by atoms with E-state index in [1.54, 1.807) is 55.5 Å². The Morgan fingerprint density at radius 2 is 1.57 bits per heavy atom. The van der Waals surface area contributed by atoms with E-state index in [0.29, 0.717) is 22.7 Å². The fourth-order valence-electron chi connectivity index (χ4n) is 3.37. The lowest BCUT2D eigenvalue weighted by Gasteiger charge is -2.15. The van der Waals surface area contributed by atoms with E-state index in [9.17, 15) is 27.9 Å². The van der Waals surface area contributed by atoms with Crippen molar-refractivity contribution in [1.82, 2.24) is 0 Å². The summed E-state index contributed by atoms with van der Waals surface area (Å²) >= 11 is 0. The summed E-state index contributed by atoms with van der Waals surface area (Å²) in [6.45, 7) is 1.36. The normalized spacial score (nSPS) is 11.7. The molecule has 37 heavy (non-hydrogen) atoms. The third-order valence-electron chi connectivity index (χ3n) is 5.44. The van der Waals surface area contributed by atoms with Gasteiger partial charge in [0.05, 0.1) is 18.6 Å². The fraction of sp³-hybridized carbons (Fsp3) is 0.192. The number of carbonyl (C=O) groups excluding carboxylic acids is 2. The summed E-state index contributed by atoms with van der Waals surface area (Å²) in [7, 11) is -2.80. The molecule has 1 unspecified atom stereocenters. The second-order valence-corrected chi connectivity index (χ2v) is 10.1. The highest BCUT2D eigenvalue weighted by Crippen LogP contribution is 2.22. The number of carboxylic acids is 1. The van der Waals surface area contributed by atoms with Crippen LogP contribution in [-0.2, 0) is 19.4 Å². The van der Waals surface area contributed by atoms with Gasteiger partial charge in [-0.2, -0.15) is 0 Å². The lowest BCUT2D eigenvalue weighted by atomic mass is 10.2. The van der Waals surface area contributed by atoms with Crippen LogP contribution in [0.3, 0.4) is 0 Å². The van der Waals surface area contributed by atoms with Gasteiger partial charge in [-0.05, 0) is 67.1 Å². The van der Waals surface area contributed by atoms with E-state index in [0.717, 1.165) is 5.56 Å². The molecule has 0 aliphatic rings. The molecule has 2 amide bonds. The Morgan fingerprint density at radius 1 is 0.919 bits per heavy atom. The van der Waals surface area contributed by atoms with E-state index in [-0.39, 0.29) is 4.90 Å². The molecule has 0 heterocycles. The highest BCUT2D eigenvalue weighted by Gasteiger charge is 2.34. The van der Waals surface area contributed by atoms with Crippen molar-refractivity contribution in [3.63, 3.8) is 0 Å². The van der Waals surface area contributed by atoms with Crippen LogP contribution >= 0.6 is 0 Å². The molecule has 3 aromatic carbocycles. The quantitative estimate of drug-likeness (QED) is 0.357. The molecule has 0 radical (unpaired) electrons. The number of sulfone groups is 1. The first kappa shape index (κ1) is 27.2. The van der Waals surface area contributed by atoms with Gasteiger partial charge in [-0.15, -0.1) is 0 Å². The van der Waals surface area contributed by atoms with Crippen molar-refractivity contribution in [2.75, 3.05) is 24.4 Å². The van der Waals surface area contributed by atoms with Gasteiger partial charge in [0.1, 0.15) is 5.75 Å². The molecule has 0 bridgehead atoms. The van der Waals surface area contributed by atoms with E-state index in [2.05, 4.69) is 10.6 Å². The molecule has 1 atom stereocenters. The Bertz CT molecular complexity index is 1370. The standard InChI is InChI=1S/C26H26N2O8S/c1-17-5-3-4-6-22(17)28-26(32)36-16-15-23(25(30)31)37(33,34)21-13-9-19(10-14-21)27-24(29)18-7-11-20(35-2)12-8-18/h3-14,23H,15-16H2,1-2H3,(H,27,29)(H,28,32)(H,30,31). The molecule has 10 nitrogen and oxygen atoms in total. The molecule has 0 aliphatic heterocycles. The zero-order chi connectivity index (χ0) is 27.0. The molecule has 3 rings (SSSR count). The largest absolute Gasteiger partial charge is 0.497 e. The molecule has 0 spiro atoms. The topological polar surface area (TPSA) is 148 Å². The summed E-state index contributed by atoms with van der Waals surface area (Å²) in [5.74, 6) is -1.39. The van der Waals surface area contributed by atoms with Crippen LogP contribution < -0.4 is 15.4 Å². The zero-order valence-electron chi connectivity index (χ0n) is 20.1. The second kappa shape index (κ2) is 12.0. The number of aliphatic carboxylic acids is 1. The van der Waals surface area contributed by atoms with Crippen molar-refractivity contribution in [2.45, 2.75) is 23.5 Å². The van der Waals surface area contributed by atoms with Gasteiger partial charge in [-0.25, -0.2) is 13.2 Å². The van der Waals surface area contributed by atoms with Crippen LogP contribution in [-0.4, -0.2) is 50.5 Å². The molecule has 3 aromatic rings. The number of hydrogen-bond donors (Lipinski definition) is 3. The maximum atomic E-state index is 13.0. The number of para-hydroxylation sites is 1. The molecule has 0 aliphatic carbocycles. The maximum absolute atomic E-state index is 13.0. The fourth-order valence-corrected chi connectivity index (χ4v) is 4.88. The summed E-state index contributed by atoms with van der Waals surface area (Å²) in [6, 6.07) is 18.5. The smallest absolute Gasteiger partial charge is 0.411 e. The Hall–Kier alpha value is -4.38. The number of aryl methyl sites for hydroxylation is 1. The predicted molar refractivity (Wildman–Crippen MR) is 137 cm³/mol. The minimum Gasteiger partial charge on any atom is -0.497 e. The summed E-state index contributed by atoms with van der Waals surface area (Å²) < 4.78 is 36.0. The van der Waals surface area contributed by atoms with Crippen molar-refractivity contribution in [3.8, 4) is 5.75 Å². The molecular formula is C26H26N2O8S. The third-order valence-corrected chi connectivity index (χ3v) is 7.55. The van der Waals surface area contributed by atoms with E-state index in [4.69, 9.17) is 9.47 Å². The lowest BCUT2D eigenvalue weighted by molar-refractivity contribution is -0.136. The molecule has 0 fully saturated rings. The van der Waals surface area contributed by atoms with Gasteiger partial charge < -0.3 is 19.9 Å². The maximum Gasteiger partial charge on any atom is 0.411 e. The van der Waals surface area contributed by atoms with Crippen LogP contribution in [0.1, 0.15) is 22.3 Å². The van der Waals surface area contributed by atoms with Gasteiger partial charge in [0.2, 0.25) is 0 Å². The molecule has 0 aromatic heterocycles. The van der Waals surface area contributed by atoms with Gasteiger partial charge in [0.15, 0.2) is 15.1 Å². The summed E-state index contributed by atoms with van der Waals surface area (Å²) in [4.78, 5) is 35.9. The van der Waals surface area contributed by atoms with Crippen molar-refractivity contribution >= 4 is 39.2 Å². The van der Waals surface area contributed by atoms with Crippen LogP contribution in [0.4, 0.5) is 16.2 Å². The first-order valence-corrected chi connectivity index (χ1v) is 12.7. The van der Waals surface area contributed by atoms with Gasteiger partial charge in [0.25, 0.3) is 5.91 Å². The van der Waals surface area contributed by atoms with Crippen LogP contribution in [0.2, 0.25) is 0 Å². The number of methoxy groups -OCH3 is 1. The SMILES string of the molecule is COc1ccc(C(=O)Nc2ccc(S(=O)(=O)C(CCOC(=O)Nc3ccccc3C)C(=O)O)cc2)cc1. The Labute approximate surface area is 214 Å². The molecule has 0 saturated heterocycles. The number of carbonyl (C=O) groups is 3. The molecule has 3 N–H and O–H groups in total. The van der Waals surface area contributed by atoms with Crippen LogP contribution in [0, 0.1) is 6.92 Å². The van der Waals surface area contributed by atoms with Crippen molar-refractivity contribution in [2.24, 2.45) is 0 Å². The monoisotopic (exact) mass is 526 g/mol. The van der Waals surface area contributed by atoms with Crippen LogP contribution in [0.25, 0.3) is 0 Å². The first-order valence-electron chi connectivity index (χ1n) is 11.1. The van der Waals surface area contributed by atoms with Gasteiger partial charge in [0, 0.05) is 23.4 Å². The second-order valence-electron chi connectivity index (χ2n) is 7.94. The molecule has 0 saturated carbocycles. The highest BCUT2D eigenvalue weighted by molar-refractivity contribution is 7.92. The average molecular weight is 527 g/mol. The number of hydrogen-bond acceptors (Lipinski definition) is 7. The molecule has 194 valence electrons. The summed E-state index contributed by atoms with van der Waals surface area (Å²) in [6.07, 6.45) is -1.28. The van der Waals surface area contributed by atoms with Crippen LogP contribution in [0.15, 0.2) is 77.7 Å². The van der Waals surface area contributed by atoms with Gasteiger partial charge >= 0.3 is 12.1 Å². The van der Waals surface area contributed by atoms with Gasteiger partial charge in [-0.1, -0.05) is 18.2 Å². The number of amides is 2. The lowest BCUT2D eigenvalue weighted by Crippen LogP contribution is -2.32. The number of benzene rings is 3. The van der Waals surface area contributed by atoms with E-state index in [1.807, 2.05) is 0 Å². The highest BCUT2D eigenvalue weighted by atomic mass is 32.2.